The molecule has 2 amide bonds. The lowest BCUT2D eigenvalue weighted by molar-refractivity contribution is -0.141. The molecule has 144 valence electrons. The van der Waals surface area contributed by atoms with Crippen molar-refractivity contribution in [3.05, 3.63) is 34.7 Å². The number of likely N-dealkylation sites (tertiary alicyclic amines) is 1. The SMILES string of the molecule is CCC(=O)N1CCc2[nH]cnc2C12CCN(C(=O)c1c(C)noc1C)CC2. The number of amides is 2. The van der Waals surface area contributed by atoms with E-state index in [0.29, 0.717) is 55.9 Å². The van der Waals surface area contributed by atoms with Gasteiger partial charge in [-0.2, -0.15) is 0 Å². The van der Waals surface area contributed by atoms with Gasteiger partial charge in [0.1, 0.15) is 11.3 Å². The number of imidazole rings is 1. The monoisotopic (exact) mass is 371 g/mol. The zero-order valence-electron chi connectivity index (χ0n) is 16.0. The molecule has 8 heteroatoms. The maximum atomic E-state index is 13.0. The molecule has 2 aliphatic heterocycles. The van der Waals surface area contributed by atoms with Gasteiger partial charge in [0.05, 0.1) is 23.3 Å². The van der Waals surface area contributed by atoms with Crippen molar-refractivity contribution in [1.29, 1.82) is 0 Å². The quantitative estimate of drug-likeness (QED) is 0.870. The predicted octanol–water partition coefficient (Wildman–Crippen LogP) is 1.94. The molecule has 0 atom stereocenters. The number of carbonyl (C=O) groups is 2. The van der Waals surface area contributed by atoms with Crippen molar-refractivity contribution in [3.63, 3.8) is 0 Å². The molecule has 0 saturated carbocycles. The minimum Gasteiger partial charge on any atom is -0.361 e. The van der Waals surface area contributed by atoms with E-state index in [0.717, 1.165) is 17.8 Å². The molecule has 0 radical (unpaired) electrons. The first-order chi connectivity index (χ1) is 13.0. The van der Waals surface area contributed by atoms with Crippen molar-refractivity contribution in [2.45, 2.75) is 52.0 Å². The summed E-state index contributed by atoms with van der Waals surface area (Å²) >= 11 is 0. The van der Waals surface area contributed by atoms with E-state index < -0.39 is 5.54 Å². The van der Waals surface area contributed by atoms with E-state index in [1.165, 1.54) is 0 Å². The van der Waals surface area contributed by atoms with Crippen LogP contribution in [-0.2, 0) is 16.8 Å². The first-order valence-electron chi connectivity index (χ1n) is 9.53. The van der Waals surface area contributed by atoms with Gasteiger partial charge in [0.15, 0.2) is 0 Å². The van der Waals surface area contributed by atoms with Gasteiger partial charge in [-0.3, -0.25) is 9.59 Å². The predicted molar refractivity (Wildman–Crippen MR) is 97.1 cm³/mol. The second kappa shape index (κ2) is 6.51. The van der Waals surface area contributed by atoms with Gasteiger partial charge in [-0.25, -0.2) is 4.98 Å². The van der Waals surface area contributed by atoms with Crippen LogP contribution in [0.1, 0.15) is 59.4 Å². The van der Waals surface area contributed by atoms with E-state index in [9.17, 15) is 9.59 Å². The summed E-state index contributed by atoms with van der Waals surface area (Å²) in [7, 11) is 0. The number of hydrogen-bond acceptors (Lipinski definition) is 5. The number of aryl methyl sites for hydroxylation is 2. The molecule has 27 heavy (non-hydrogen) atoms. The van der Waals surface area contributed by atoms with Crippen molar-refractivity contribution >= 4 is 11.8 Å². The van der Waals surface area contributed by atoms with Crippen LogP contribution < -0.4 is 0 Å². The molecule has 2 aromatic rings. The Labute approximate surface area is 157 Å². The number of nitrogens with one attached hydrogen (secondary N) is 1. The zero-order valence-corrected chi connectivity index (χ0v) is 16.0. The van der Waals surface area contributed by atoms with Gasteiger partial charge in [0.2, 0.25) is 5.91 Å². The smallest absolute Gasteiger partial charge is 0.259 e. The number of fused-ring (bicyclic) bond motifs is 2. The minimum atomic E-state index is -0.420. The highest BCUT2D eigenvalue weighted by molar-refractivity contribution is 5.96. The summed E-state index contributed by atoms with van der Waals surface area (Å²) in [6.45, 7) is 7.28. The molecule has 1 saturated heterocycles. The highest BCUT2D eigenvalue weighted by Crippen LogP contribution is 2.42. The van der Waals surface area contributed by atoms with Crippen LogP contribution in [0.3, 0.4) is 0 Å². The van der Waals surface area contributed by atoms with E-state index in [1.54, 1.807) is 20.2 Å². The zero-order chi connectivity index (χ0) is 19.2. The molecule has 0 unspecified atom stereocenters. The number of H-pyrrole nitrogens is 1. The lowest BCUT2D eigenvalue weighted by Gasteiger charge is -2.50. The number of carbonyl (C=O) groups excluding carboxylic acids is 2. The highest BCUT2D eigenvalue weighted by atomic mass is 16.5. The van der Waals surface area contributed by atoms with E-state index >= 15 is 0 Å². The normalized spacial score (nSPS) is 18.6. The third kappa shape index (κ3) is 2.65. The number of nitrogens with zero attached hydrogens (tertiary/aromatic N) is 4. The maximum absolute atomic E-state index is 13.0. The van der Waals surface area contributed by atoms with Crippen LogP contribution in [0.5, 0.6) is 0 Å². The molecule has 1 N–H and O–H groups in total. The Morgan fingerprint density at radius 2 is 2.00 bits per heavy atom. The van der Waals surface area contributed by atoms with Crippen LogP contribution in [0.2, 0.25) is 0 Å². The van der Waals surface area contributed by atoms with Crippen LogP contribution in [-0.4, -0.2) is 56.4 Å². The lowest BCUT2D eigenvalue weighted by atomic mass is 9.78. The topological polar surface area (TPSA) is 95.3 Å². The molecule has 1 fully saturated rings. The van der Waals surface area contributed by atoms with Crippen molar-refractivity contribution in [2.75, 3.05) is 19.6 Å². The maximum Gasteiger partial charge on any atom is 0.259 e. The van der Waals surface area contributed by atoms with Crippen LogP contribution in [0.15, 0.2) is 10.9 Å². The number of hydrogen-bond donors (Lipinski definition) is 1. The number of rotatable bonds is 2. The Balaban J connectivity index is 1.61. The second-order valence-electron chi connectivity index (χ2n) is 7.40. The summed E-state index contributed by atoms with van der Waals surface area (Å²) in [6.07, 6.45) is 4.36. The van der Waals surface area contributed by atoms with Gasteiger partial charge < -0.3 is 19.3 Å². The van der Waals surface area contributed by atoms with Crippen molar-refractivity contribution < 1.29 is 14.1 Å². The van der Waals surface area contributed by atoms with Gasteiger partial charge in [-0.15, -0.1) is 0 Å². The van der Waals surface area contributed by atoms with Gasteiger partial charge in [0.25, 0.3) is 5.91 Å². The third-order valence-corrected chi connectivity index (χ3v) is 5.99. The molecule has 0 bridgehead atoms. The fourth-order valence-corrected chi connectivity index (χ4v) is 4.57. The summed E-state index contributed by atoms with van der Waals surface area (Å²) in [5, 5.41) is 3.90. The third-order valence-electron chi connectivity index (χ3n) is 5.99. The molecular weight excluding hydrogens is 346 g/mol. The van der Waals surface area contributed by atoms with Crippen LogP contribution in [0.4, 0.5) is 0 Å². The summed E-state index contributed by atoms with van der Waals surface area (Å²) in [5.74, 6) is 0.648. The van der Waals surface area contributed by atoms with Gasteiger partial charge in [0, 0.05) is 38.2 Å². The fourth-order valence-electron chi connectivity index (χ4n) is 4.57. The Morgan fingerprint density at radius 1 is 1.26 bits per heavy atom. The van der Waals surface area contributed by atoms with Gasteiger partial charge in [-0.1, -0.05) is 12.1 Å². The van der Waals surface area contributed by atoms with Crippen molar-refractivity contribution in [1.82, 2.24) is 24.9 Å². The standard InChI is InChI=1S/C19H25N5O3/c1-4-15(25)24-8-5-14-17(21-11-20-14)19(24)6-9-23(10-7-19)18(26)16-12(2)22-27-13(16)3/h11H,4-10H2,1-3H3,(H,20,21). The van der Waals surface area contributed by atoms with E-state index in [-0.39, 0.29) is 11.8 Å². The summed E-state index contributed by atoms with van der Waals surface area (Å²) in [6, 6.07) is 0. The molecule has 4 rings (SSSR count). The minimum absolute atomic E-state index is 0.0486. The summed E-state index contributed by atoms with van der Waals surface area (Å²) < 4.78 is 5.15. The molecule has 8 nitrogen and oxygen atoms in total. The van der Waals surface area contributed by atoms with E-state index in [1.807, 2.05) is 16.7 Å². The van der Waals surface area contributed by atoms with Crippen molar-refractivity contribution in [2.24, 2.45) is 0 Å². The van der Waals surface area contributed by atoms with E-state index in [2.05, 4.69) is 15.1 Å². The molecule has 0 aliphatic carbocycles. The lowest BCUT2D eigenvalue weighted by Crippen LogP contribution is -2.58. The molecule has 0 aromatic carbocycles. The van der Waals surface area contributed by atoms with Gasteiger partial charge in [-0.05, 0) is 26.7 Å². The van der Waals surface area contributed by atoms with Crippen molar-refractivity contribution in [3.8, 4) is 0 Å². The van der Waals surface area contributed by atoms with Gasteiger partial charge >= 0.3 is 0 Å². The first-order valence-corrected chi connectivity index (χ1v) is 9.53. The number of aromatic nitrogens is 3. The Kier molecular flexibility index (Phi) is 4.28. The Morgan fingerprint density at radius 3 is 2.63 bits per heavy atom. The average molecular weight is 371 g/mol. The van der Waals surface area contributed by atoms with E-state index in [4.69, 9.17) is 4.52 Å². The molecule has 2 aliphatic rings. The van der Waals surface area contributed by atoms with Crippen LogP contribution in [0.25, 0.3) is 0 Å². The first kappa shape index (κ1) is 17.8. The summed E-state index contributed by atoms with van der Waals surface area (Å²) in [4.78, 5) is 37.2. The highest BCUT2D eigenvalue weighted by Gasteiger charge is 2.49. The molecule has 1 spiro atoms. The van der Waals surface area contributed by atoms with Crippen LogP contribution in [0, 0.1) is 13.8 Å². The Bertz CT molecular complexity index is 856. The average Bonchev–Trinajstić information content (AvgIpc) is 3.29. The Hall–Kier alpha value is -2.64. The largest absolute Gasteiger partial charge is 0.361 e. The second-order valence-corrected chi connectivity index (χ2v) is 7.40. The number of piperidine rings is 1. The fraction of sp³-hybridized carbons (Fsp3) is 0.579. The summed E-state index contributed by atoms with van der Waals surface area (Å²) in [5.41, 5.74) is 2.83. The molecule has 4 heterocycles. The molecular formula is C19H25N5O3. The number of aromatic amines is 1. The molecule has 2 aromatic heterocycles. The van der Waals surface area contributed by atoms with Crippen LogP contribution >= 0.6 is 0 Å².